The molecule has 0 bridgehead atoms. The van der Waals surface area contributed by atoms with Crippen LogP contribution in [0.2, 0.25) is 0 Å². The molecular formula is C17H19BrN2O7S. The van der Waals surface area contributed by atoms with Gasteiger partial charge in [-0.05, 0) is 38.0 Å². The summed E-state index contributed by atoms with van der Waals surface area (Å²) in [4.78, 5) is 24.5. The van der Waals surface area contributed by atoms with Crippen LogP contribution < -0.4 is 0 Å². The number of carboxylic acid groups (broad SMARTS) is 1. The molecule has 2 aromatic rings. The summed E-state index contributed by atoms with van der Waals surface area (Å²) in [5.74, 6) is 0. The van der Waals surface area contributed by atoms with E-state index >= 15 is 0 Å². The van der Waals surface area contributed by atoms with Crippen LogP contribution >= 0.6 is 15.9 Å². The number of fused-ring (bicyclic) bond motifs is 1. The number of hydrogen-bond donors (Lipinski definition) is 1. The lowest BCUT2D eigenvalue weighted by Gasteiger charge is -2.30. The number of benzene rings is 1. The van der Waals surface area contributed by atoms with Crippen LogP contribution in [-0.4, -0.2) is 61.0 Å². The highest BCUT2D eigenvalue weighted by Crippen LogP contribution is 2.31. The maximum Gasteiger partial charge on any atom is 0.416 e. The third kappa shape index (κ3) is 4.15. The lowest BCUT2D eigenvalue weighted by Crippen LogP contribution is -2.41. The van der Waals surface area contributed by atoms with Gasteiger partial charge in [-0.1, -0.05) is 15.9 Å². The van der Waals surface area contributed by atoms with Gasteiger partial charge in [0, 0.05) is 29.1 Å². The highest BCUT2D eigenvalue weighted by Gasteiger charge is 2.31. The maximum atomic E-state index is 12.8. The first kappa shape index (κ1) is 20.6. The normalized spacial score (nSPS) is 15.7. The van der Waals surface area contributed by atoms with Crippen molar-refractivity contribution in [2.45, 2.75) is 30.8 Å². The summed E-state index contributed by atoms with van der Waals surface area (Å²) in [6.45, 7) is 2.63. The number of ether oxygens (including phenoxy) is 1. The summed E-state index contributed by atoms with van der Waals surface area (Å²) in [7, 11) is -4.20. The van der Waals surface area contributed by atoms with Crippen molar-refractivity contribution in [3.63, 3.8) is 0 Å². The largest absolute Gasteiger partial charge is 0.464 e. The minimum atomic E-state index is -4.20. The average Bonchev–Trinajstić information content (AvgIpc) is 3.02. The van der Waals surface area contributed by atoms with Gasteiger partial charge in [0.2, 0.25) is 0 Å². The fourth-order valence-corrected chi connectivity index (χ4v) is 4.79. The Bertz CT molecular complexity index is 1010. The number of piperidine rings is 1. The summed E-state index contributed by atoms with van der Waals surface area (Å²) >= 11 is 3.27. The van der Waals surface area contributed by atoms with Crippen LogP contribution in [0.3, 0.4) is 0 Å². The van der Waals surface area contributed by atoms with E-state index < -0.39 is 28.4 Å². The fraction of sp³-hybridized carbons (Fsp3) is 0.412. The summed E-state index contributed by atoms with van der Waals surface area (Å²) in [6, 6.07) is 4.68. The smallest absolute Gasteiger partial charge is 0.416 e. The lowest BCUT2D eigenvalue weighted by atomic mass is 10.1. The molecule has 11 heteroatoms. The van der Waals surface area contributed by atoms with Gasteiger partial charge in [-0.3, -0.25) is 8.75 Å². The number of carbonyl (C=O) groups excluding carboxylic acids is 1. The molecule has 1 aromatic carbocycles. The zero-order valence-electron chi connectivity index (χ0n) is 15.0. The number of halogens is 1. The van der Waals surface area contributed by atoms with E-state index in [1.807, 2.05) is 0 Å². The molecule has 3 rings (SSSR count). The van der Waals surface area contributed by atoms with Gasteiger partial charge in [0.05, 0.1) is 18.2 Å². The van der Waals surface area contributed by atoms with Crippen LogP contribution in [0, 0.1) is 0 Å². The van der Waals surface area contributed by atoms with E-state index in [-0.39, 0.29) is 22.4 Å². The topological polar surface area (TPSA) is 115 Å². The molecule has 0 spiro atoms. The van der Waals surface area contributed by atoms with Gasteiger partial charge in [-0.25, -0.2) is 9.59 Å². The van der Waals surface area contributed by atoms with Gasteiger partial charge in [-0.2, -0.15) is 8.42 Å². The molecule has 1 aromatic heterocycles. The van der Waals surface area contributed by atoms with Gasteiger partial charge in [0.25, 0.3) is 10.1 Å². The Kier molecular flexibility index (Phi) is 5.96. The molecule has 1 aliphatic heterocycles. The van der Waals surface area contributed by atoms with Crippen molar-refractivity contribution in [2.75, 3.05) is 19.7 Å². The summed E-state index contributed by atoms with van der Waals surface area (Å²) in [5.41, 5.74) is 0.245. The van der Waals surface area contributed by atoms with Crippen molar-refractivity contribution in [3.8, 4) is 0 Å². The first-order valence-electron chi connectivity index (χ1n) is 8.62. The molecule has 0 atom stereocenters. The van der Waals surface area contributed by atoms with E-state index in [4.69, 9.17) is 8.92 Å². The average molecular weight is 475 g/mol. The van der Waals surface area contributed by atoms with E-state index in [0.29, 0.717) is 30.4 Å². The Morgan fingerprint density at radius 3 is 2.57 bits per heavy atom. The number of rotatable bonds is 4. The van der Waals surface area contributed by atoms with E-state index in [0.717, 1.165) is 10.8 Å². The summed E-state index contributed by atoms with van der Waals surface area (Å²) in [6.07, 6.45) is -0.623. The van der Waals surface area contributed by atoms with E-state index in [1.165, 1.54) is 17.0 Å². The Labute approximate surface area is 170 Å². The highest BCUT2D eigenvalue weighted by atomic mass is 79.9. The number of likely N-dealkylation sites (tertiary alicyclic amines) is 1. The molecule has 0 unspecified atom stereocenters. The number of nitrogens with zero attached hydrogens (tertiary/aromatic N) is 2. The third-order valence-corrected chi connectivity index (χ3v) is 6.32. The van der Waals surface area contributed by atoms with Crippen molar-refractivity contribution in [1.29, 1.82) is 0 Å². The molecule has 2 heterocycles. The van der Waals surface area contributed by atoms with Gasteiger partial charge in [-0.15, -0.1) is 0 Å². The molecule has 9 nitrogen and oxygen atoms in total. The van der Waals surface area contributed by atoms with Crippen LogP contribution in [0.15, 0.2) is 33.8 Å². The number of amides is 1. The van der Waals surface area contributed by atoms with Crippen LogP contribution in [0.5, 0.6) is 0 Å². The van der Waals surface area contributed by atoms with Gasteiger partial charge in [0.1, 0.15) is 4.90 Å². The lowest BCUT2D eigenvalue weighted by molar-refractivity contribution is 0.0726. The molecule has 152 valence electrons. The summed E-state index contributed by atoms with van der Waals surface area (Å²) in [5, 5.41) is 9.59. The molecule has 1 amide bonds. The summed E-state index contributed by atoms with van der Waals surface area (Å²) < 4.78 is 37.4. The van der Waals surface area contributed by atoms with Gasteiger partial charge >= 0.3 is 12.2 Å². The molecule has 1 aliphatic rings. The van der Waals surface area contributed by atoms with Crippen molar-refractivity contribution in [3.05, 3.63) is 28.9 Å². The van der Waals surface area contributed by atoms with Crippen molar-refractivity contribution < 1.29 is 32.0 Å². The van der Waals surface area contributed by atoms with E-state index in [9.17, 15) is 23.1 Å². The SMILES string of the molecule is CCOC(=O)N1CCC(OS(=O)(=O)c2cn(C(=O)O)c3ccc(Br)cc23)CC1. The Morgan fingerprint density at radius 1 is 1.29 bits per heavy atom. The predicted molar refractivity (Wildman–Crippen MR) is 103 cm³/mol. The second-order valence-electron chi connectivity index (χ2n) is 6.24. The number of hydrogen-bond acceptors (Lipinski definition) is 6. The van der Waals surface area contributed by atoms with E-state index in [1.54, 1.807) is 13.0 Å². The first-order chi connectivity index (χ1) is 13.2. The van der Waals surface area contributed by atoms with Gasteiger partial charge < -0.3 is 14.7 Å². The minimum absolute atomic E-state index is 0.209. The number of aromatic nitrogens is 1. The molecule has 0 radical (unpaired) electrons. The zero-order chi connectivity index (χ0) is 20.5. The van der Waals surface area contributed by atoms with Crippen molar-refractivity contribution in [2.24, 2.45) is 0 Å². The fourth-order valence-electron chi connectivity index (χ4n) is 3.11. The predicted octanol–water partition coefficient (Wildman–Crippen LogP) is 3.26. The minimum Gasteiger partial charge on any atom is -0.464 e. The van der Waals surface area contributed by atoms with Gasteiger partial charge in [0.15, 0.2) is 0 Å². The van der Waals surface area contributed by atoms with Crippen LogP contribution in [0.1, 0.15) is 19.8 Å². The van der Waals surface area contributed by atoms with E-state index in [2.05, 4.69) is 15.9 Å². The molecule has 0 aliphatic carbocycles. The molecule has 0 saturated carbocycles. The van der Waals surface area contributed by atoms with Crippen molar-refractivity contribution >= 4 is 49.1 Å². The Hall–Kier alpha value is -2.11. The number of carbonyl (C=O) groups is 2. The third-order valence-electron chi connectivity index (χ3n) is 4.44. The monoisotopic (exact) mass is 474 g/mol. The Morgan fingerprint density at radius 2 is 1.96 bits per heavy atom. The van der Waals surface area contributed by atoms with Crippen LogP contribution in [-0.2, 0) is 19.0 Å². The first-order valence-corrected chi connectivity index (χ1v) is 10.8. The van der Waals surface area contributed by atoms with Crippen LogP contribution in [0.25, 0.3) is 10.9 Å². The quantitative estimate of drug-likeness (QED) is 0.675. The highest BCUT2D eigenvalue weighted by molar-refractivity contribution is 9.10. The second-order valence-corrected chi connectivity index (χ2v) is 8.70. The van der Waals surface area contributed by atoms with Crippen molar-refractivity contribution in [1.82, 2.24) is 9.47 Å². The standard InChI is InChI=1S/C17H19BrN2O7S/c1-2-26-17(23)19-7-5-12(6-8-19)27-28(24,25)15-10-20(16(21)22)14-4-3-11(18)9-13(14)15/h3-4,9-10,12H,2,5-8H2,1H3,(H,21,22). The molecular weight excluding hydrogens is 456 g/mol. The molecule has 28 heavy (non-hydrogen) atoms. The molecule has 1 fully saturated rings. The van der Waals surface area contributed by atoms with Crippen LogP contribution in [0.4, 0.5) is 9.59 Å². The maximum absolute atomic E-state index is 12.8. The second kappa shape index (κ2) is 8.10. The molecule has 1 saturated heterocycles. The molecule has 1 N–H and O–H groups in total. The Balaban J connectivity index is 1.82. The zero-order valence-corrected chi connectivity index (χ0v) is 17.4.